The fourth-order valence-electron chi connectivity index (χ4n) is 1.04. The van der Waals surface area contributed by atoms with E-state index in [1.807, 2.05) is 0 Å². The van der Waals surface area contributed by atoms with Gasteiger partial charge in [-0.2, -0.15) is 13.2 Å². The van der Waals surface area contributed by atoms with E-state index in [2.05, 4.69) is 38.1 Å². The zero-order chi connectivity index (χ0) is 11.9. The monoisotopic (exact) mass is 218 g/mol. The van der Waals surface area contributed by atoms with E-state index >= 15 is 0 Å². The zero-order valence-electron chi connectivity index (χ0n) is 9.36. The molecule has 0 amide bonds. The Balaban J connectivity index is 0.000000336. The van der Waals surface area contributed by atoms with E-state index in [4.69, 9.17) is 0 Å². The molecule has 0 radical (unpaired) electrons. The lowest BCUT2D eigenvalue weighted by Crippen LogP contribution is -1.95. The molecule has 0 spiro atoms. The summed E-state index contributed by atoms with van der Waals surface area (Å²) in [6.45, 7) is 4.52. The van der Waals surface area contributed by atoms with Gasteiger partial charge in [0.2, 0.25) is 0 Å². The molecule has 15 heavy (non-hydrogen) atoms. The third kappa shape index (κ3) is 10.9. The molecule has 0 saturated carbocycles. The van der Waals surface area contributed by atoms with Gasteiger partial charge in [0.25, 0.3) is 0 Å². The Morgan fingerprint density at radius 3 is 1.80 bits per heavy atom. The summed E-state index contributed by atoms with van der Waals surface area (Å²) in [5.41, 5.74) is 2.80. The fourth-order valence-corrected chi connectivity index (χ4v) is 1.04. The maximum absolute atomic E-state index is 10.4. The molecule has 0 fully saturated rings. The molecule has 0 aliphatic heterocycles. The van der Waals surface area contributed by atoms with E-state index in [0.717, 1.165) is 0 Å². The average molecular weight is 218 g/mol. The van der Waals surface area contributed by atoms with Crippen molar-refractivity contribution in [3.8, 4) is 0 Å². The van der Waals surface area contributed by atoms with Gasteiger partial charge in [-0.25, -0.2) is 0 Å². The molecule has 0 bridgehead atoms. The predicted octanol–water partition coefficient (Wildman–Crippen LogP) is 4.52. The zero-order valence-corrected chi connectivity index (χ0v) is 9.36. The van der Waals surface area contributed by atoms with Crippen molar-refractivity contribution in [3.63, 3.8) is 0 Å². The minimum Gasteiger partial charge on any atom is -0.172 e. The summed E-state index contributed by atoms with van der Waals surface area (Å²) in [7, 11) is 0. The lowest BCUT2D eigenvalue weighted by Gasteiger charge is -1.97. The van der Waals surface area contributed by atoms with E-state index in [1.165, 1.54) is 24.0 Å². The van der Waals surface area contributed by atoms with Gasteiger partial charge in [0.15, 0.2) is 0 Å². The first-order chi connectivity index (χ1) is 6.83. The molecule has 0 aliphatic rings. The van der Waals surface area contributed by atoms with Crippen molar-refractivity contribution < 1.29 is 13.2 Å². The molecule has 1 aromatic carbocycles. The molecule has 0 unspecified atom stereocenters. The highest BCUT2D eigenvalue weighted by atomic mass is 19.4. The second-order valence-corrected chi connectivity index (χ2v) is 3.52. The van der Waals surface area contributed by atoms with Crippen LogP contribution >= 0.6 is 0 Å². The van der Waals surface area contributed by atoms with Gasteiger partial charge in [0.1, 0.15) is 0 Å². The second-order valence-electron chi connectivity index (χ2n) is 3.52. The number of hydrogen-bond donors (Lipinski definition) is 0. The van der Waals surface area contributed by atoms with Gasteiger partial charge >= 0.3 is 6.18 Å². The predicted molar refractivity (Wildman–Crippen MR) is 56.9 cm³/mol. The third-order valence-electron chi connectivity index (χ3n) is 1.66. The minimum absolute atomic E-state index is 0.188. The van der Waals surface area contributed by atoms with E-state index in [-0.39, 0.29) is 6.92 Å². The number of aryl methyl sites for hydroxylation is 2. The van der Waals surface area contributed by atoms with Crippen molar-refractivity contribution in [2.45, 2.75) is 39.8 Å². The van der Waals surface area contributed by atoms with Crippen LogP contribution in [0.4, 0.5) is 13.2 Å². The maximum atomic E-state index is 10.4. The smallest absolute Gasteiger partial charge is 0.172 e. The SMILES string of the molecule is CC(F)(F)F.CCCc1ccc(C)cc1. The Labute approximate surface area is 89.1 Å². The third-order valence-corrected chi connectivity index (χ3v) is 1.66. The molecule has 1 rings (SSSR count). The summed E-state index contributed by atoms with van der Waals surface area (Å²) in [6.07, 6.45) is -1.55. The number of alkyl halides is 3. The van der Waals surface area contributed by atoms with Crippen molar-refractivity contribution in [1.82, 2.24) is 0 Å². The standard InChI is InChI=1S/C10H14.C2H3F3/c1-3-4-10-7-5-9(2)6-8-10;1-2(3,4)5/h5-8H,3-4H2,1-2H3;1H3. The van der Waals surface area contributed by atoms with Gasteiger partial charge < -0.3 is 0 Å². The summed E-state index contributed by atoms with van der Waals surface area (Å²) < 4.78 is 31.1. The van der Waals surface area contributed by atoms with Crippen LogP contribution in [0, 0.1) is 6.92 Å². The Bertz CT molecular complexity index is 253. The van der Waals surface area contributed by atoms with Gasteiger partial charge in [-0.1, -0.05) is 43.2 Å². The number of rotatable bonds is 2. The van der Waals surface area contributed by atoms with Crippen LogP contribution in [0.3, 0.4) is 0 Å². The minimum atomic E-state index is -4.00. The van der Waals surface area contributed by atoms with Crippen LogP contribution < -0.4 is 0 Å². The van der Waals surface area contributed by atoms with E-state index in [1.54, 1.807) is 0 Å². The van der Waals surface area contributed by atoms with Crippen LogP contribution in [-0.2, 0) is 6.42 Å². The van der Waals surface area contributed by atoms with Crippen LogP contribution in [0.15, 0.2) is 24.3 Å². The molecule has 3 heteroatoms. The molecule has 0 heterocycles. The van der Waals surface area contributed by atoms with Crippen LogP contribution in [-0.4, -0.2) is 6.18 Å². The maximum Gasteiger partial charge on any atom is 0.386 e. The molecule has 0 N–H and O–H groups in total. The lowest BCUT2D eigenvalue weighted by atomic mass is 10.1. The molecule has 0 saturated heterocycles. The van der Waals surface area contributed by atoms with Gasteiger partial charge in [-0.3, -0.25) is 0 Å². The van der Waals surface area contributed by atoms with Crippen molar-refractivity contribution in [2.75, 3.05) is 0 Å². The molecular weight excluding hydrogens is 201 g/mol. The van der Waals surface area contributed by atoms with Crippen molar-refractivity contribution in [1.29, 1.82) is 0 Å². The second kappa shape index (κ2) is 6.49. The quantitative estimate of drug-likeness (QED) is 0.684. The van der Waals surface area contributed by atoms with Gasteiger partial charge in [0.05, 0.1) is 0 Å². The Morgan fingerprint density at radius 2 is 1.47 bits per heavy atom. The Hall–Kier alpha value is -0.990. The highest BCUT2D eigenvalue weighted by Gasteiger charge is 2.15. The van der Waals surface area contributed by atoms with E-state index < -0.39 is 6.18 Å². The summed E-state index contributed by atoms with van der Waals surface area (Å²) in [4.78, 5) is 0. The molecule has 0 atom stereocenters. The summed E-state index contributed by atoms with van der Waals surface area (Å²) in [5.74, 6) is 0. The Kier molecular flexibility index (Phi) is 6.06. The topological polar surface area (TPSA) is 0 Å². The van der Waals surface area contributed by atoms with E-state index in [9.17, 15) is 13.2 Å². The summed E-state index contributed by atoms with van der Waals surface area (Å²) >= 11 is 0. The van der Waals surface area contributed by atoms with Crippen LogP contribution in [0.25, 0.3) is 0 Å². The largest absolute Gasteiger partial charge is 0.386 e. The Morgan fingerprint density at radius 1 is 1.07 bits per heavy atom. The van der Waals surface area contributed by atoms with Crippen LogP contribution in [0.5, 0.6) is 0 Å². The first kappa shape index (κ1) is 14.0. The molecule has 0 aromatic heterocycles. The first-order valence-corrected chi connectivity index (χ1v) is 4.95. The molecule has 0 aliphatic carbocycles. The van der Waals surface area contributed by atoms with Gasteiger partial charge in [-0.15, -0.1) is 0 Å². The van der Waals surface area contributed by atoms with Crippen LogP contribution in [0.2, 0.25) is 0 Å². The van der Waals surface area contributed by atoms with Crippen molar-refractivity contribution in [2.24, 2.45) is 0 Å². The van der Waals surface area contributed by atoms with Crippen molar-refractivity contribution >= 4 is 0 Å². The highest BCUT2D eigenvalue weighted by Crippen LogP contribution is 2.10. The van der Waals surface area contributed by atoms with Gasteiger partial charge in [-0.05, 0) is 18.9 Å². The van der Waals surface area contributed by atoms with Gasteiger partial charge in [0, 0.05) is 6.92 Å². The summed E-state index contributed by atoms with van der Waals surface area (Å²) in [6, 6.07) is 8.76. The number of hydrogen-bond acceptors (Lipinski definition) is 0. The molecular formula is C12H17F3. The number of benzene rings is 1. The molecule has 1 aromatic rings. The summed E-state index contributed by atoms with van der Waals surface area (Å²) in [5, 5.41) is 0. The molecule has 0 nitrogen and oxygen atoms in total. The fraction of sp³-hybridized carbons (Fsp3) is 0.500. The molecule has 86 valence electrons. The lowest BCUT2D eigenvalue weighted by molar-refractivity contribution is -0.110. The van der Waals surface area contributed by atoms with Crippen LogP contribution in [0.1, 0.15) is 31.4 Å². The van der Waals surface area contributed by atoms with E-state index in [0.29, 0.717) is 0 Å². The first-order valence-electron chi connectivity index (χ1n) is 4.95. The van der Waals surface area contributed by atoms with Crippen molar-refractivity contribution in [3.05, 3.63) is 35.4 Å². The average Bonchev–Trinajstić information content (AvgIpc) is 2.06. The normalized spacial score (nSPS) is 10.5. The highest BCUT2D eigenvalue weighted by molar-refractivity contribution is 5.21. The number of halogens is 3.